The number of anilines is 3. The fraction of sp³-hybridized carbons (Fsp3) is 0.471. The summed E-state index contributed by atoms with van der Waals surface area (Å²) in [6.45, 7) is 8.30. The summed E-state index contributed by atoms with van der Waals surface area (Å²) in [5.41, 5.74) is 3.01. The highest BCUT2D eigenvalue weighted by Crippen LogP contribution is 2.28. The Bertz CT molecular complexity index is 701. The number of nitrogens with one attached hydrogen (secondary N) is 2. The third-order valence-corrected chi connectivity index (χ3v) is 5.07. The van der Waals surface area contributed by atoms with Crippen LogP contribution in [0, 0.1) is 19.8 Å². The van der Waals surface area contributed by atoms with Gasteiger partial charge in [0.25, 0.3) is 0 Å². The molecule has 6 nitrogen and oxygen atoms in total. The van der Waals surface area contributed by atoms with Crippen LogP contribution < -0.4 is 15.5 Å². The van der Waals surface area contributed by atoms with Gasteiger partial charge in [-0.1, -0.05) is 24.3 Å². The number of amides is 2. The SMILES string of the molecule is Cc1cc(C)cc(NC(=O)Nc2nnc(N3CCC(C)CC3)s2)c1. The number of urea groups is 1. The van der Waals surface area contributed by atoms with Crippen molar-refractivity contribution in [1.29, 1.82) is 0 Å². The van der Waals surface area contributed by atoms with Crippen LogP contribution in [0.5, 0.6) is 0 Å². The van der Waals surface area contributed by atoms with Crippen LogP contribution in [-0.4, -0.2) is 29.3 Å². The van der Waals surface area contributed by atoms with Gasteiger partial charge >= 0.3 is 6.03 Å². The Morgan fingerprint density at radius 2 is 1.79 bits per heavy atom. The summed E-state index contributed by atoms with van der Waals surface area (Å²) in [6.07, 6.45) is 2.35. The Balaban J connectivity index is 1.59. The Morgan fingerprint density at radius 3 is 2.46 bits per heavy atom. The molecule has 0 unspecified atom stereocenters. The number of hydrogen-bond donors (Lipinski definition) is 2. The molecule has 1 aliphatic rings. The van der Waals surface area contributed by atoms with E-state index >= 15 is 0 Å². The van der Waals surface area contributed by atoms with Gasteiger partial charge in [0.15, 0.2) is 0 Å². The van der Waals surface area contributed by atoms with Gasteiger partial charge in [-0.2, -0.15) is 0 Å². The Labute approximate surface area is 146 Å². The van der Waals surface area contributed by atoms with Crippen molar-refractivity contribution in [2.24, 2.45) is 5.92 Å². The van der Waals surface area contributed by atoms with Crippen molar-refractivity contribution in [2.75, 3.05) is 28.6 Å². The molecule has 2 aromatic rings. The van der Waals surface area contributed by atoms with Gasteiger partial charge in [-0.05, 0) is 55.9 Å². The number of hydrogen-bond acceptors (Lipinski definition) is 5. The highest BCUT2D eigenvalue weighted by Gasteiger charge is 2.19. The second-order valence-electron chi connectivity index (χ2n) is 6.51. The fourth-order valence-electron chi connectivity index (χ4n) is 2.90. The summed E-state index contributed by atoms with van der Waals surface area (Å²) in [4.78, 5) is 14.4. The zero-order chi connectivity index (χ0) is 17.1. The zero-order valence-electron chi connectivity index (χ0n) is 14.3. The van der Waals surface area contributed by atoms with Crippen LogP contribution in [0.15, 0.2) is 18.2 Å². The van der Waals surface area contributed by atoms with Crippen molar-refractivity contribution in [3.05, 3.63) is 29.3 Å². The molecule has 2 N–H and O–H groups in total. The van der Waals surface area contributed by atoms with Crippen molar-refractivity contribution in [3.63, 3.8) is 0 Å². The molecule has 2 amide bonds. The average molecular weight is 345 g/mol. The quantitative estimate of drug-likeness (QED) is 0.881. The second-order valence-corrected chi connectivity index (χ2v) is 7.47. The Hall–Kier alpha value is -2.15. The van der Waals surface area contributed by atoms with Crippen molar-refractivity contribution in [1.82, 2.24) is 10.2 Å². The summed E-state index contributed by atoms with van der Waals surface area (Å²) in [5, 5.41) is 15.3. The predicted molar refractivity (Wildman–Crippen MR) is 99.1 cm³/mol. The minimum atomic E-state index is -0.296. The number of piperidine rings is 1. The van der Waals surface area contributed by atoms with Gasteiger partial charge in [0, 0.05) is 18.8 Å². The minimum absolute atomic E-state index is 0.296. The second kappa shape index (κ2) is 7.17. The van der Waals surface area contributed by atoms with E-state index in [1.807, 2.05) is 26.0 Å². The molecule has 1 aromatic heterocycles. The van der Waals surface area contributed by atoms with Gasteiger partial charge in [-0.25, -0.2) is 4.79 Å². The van der Waals surface area contributed by atoms with E-state index in [9.17, 15) is 4.79 Å². The predicted octanol–water partition coefficient (Wildman–Crippen LogP) is 4.04. The number of rotatable bonds is 3. The molecule has 0 radical (unpaired) electrons. The maximum atomic E-state index is 12.1. The molecular formula is C17H23N5OS. The van der Waals surface area contributed by atoms with Crippen LogP contribution in [0.2, 0.25) is 0 Å². The zero-order valence-corrected chi connectivity index (χ0v) is 15.1. The number of aromatic nitrogens is 2. The summed E-state index contributed by atoms with van der Waals surface area (Å²) in [6, 6.07) is 5.65. The van der Waals surface area contributed by atoms with E-state index < -0.39 is 0 Å². The summed E-state index contributed by atoms with van der Waals surface area (Å²) in [7, 11) is 0. The van der Waals surface area contributed by atoms with Gasteiger partial charge in [0.05, 0.1) is 0 Å². The first kappa shape index (κ1) is 16.7. The fourth-order valence-corrected chi connectivity index (χ4v) is 3.69. The van der Waals surface area contributed by atoms with Gasteiger partial charge in [-0.3, -0.25) is 5.32 Å². The molecule has 128 valence electrons. The molecule has 0 saturated carbocycles. The number of benzene rings is 1. The summed E-state index contributed by atoms with van der Waals surface area (Å²) >= 11 is 1.42. The maximum absolute atomic E-state index is 12.1. The lowest BCUT2D eigenvalue weighted by Gasteiger charge is -2.29. The number of carbonyl (C=O) groups excluding carboxylic acids is 1. The molecule has 7 heteroatoms. The molecule has 1 fully saturated rings. The highest BCUT2D eigenvalue weighted by atomic mass is 32.1. The molecular weight excluding hydrogens is 322 g/mol. The van der Waals surface area contributed by atoms with Gasteiger partial charge in [0.2, 0.25) is 10.3 Å². The average Bonchev–Trinajstić information content (AvgIpc) is 2.95. The van der Waals surface area contributed by atoms with Crippen LogP contribution in [0.4, 0.5) is 20.7 Å². The van der Waals surface area contributed by atoms with E-state index in [0.29, 0.717) is 5.13 Å². The van der Waals surface area contributed by atoms with Crippen LogP contribution in [0.3, 0.4) is 0 Å². The molecule has 1 aliphatic heterocycles. The van der Waals surface area contributed by atoms with Crippen LogP contribution in [0.25, 0.3) is 0 Å². The lowest BCUT2D eigenvalue weighted by molar-refractivity contribution is 0.262. The molecule has 0 aliphatic carbocycles. The molecule has 2 heterocycles. The lowest BCUT2D eigenvalue weighted by Crippen LogP contribution is -2.32. The molecule has 0 atom stereocenters. The third kappa shape index (κ3) is 4.23. The van der Waals surface area contributed by atoms with E-state index in [1.54, 1.807) is 0 Å². The van der Waals surface area contributed by atoms with E-state index in [4.69, 9.17) is 0 Å². The largest absolute Gasteiger partial charge is 0.347 e. The molecule has 1 saturated heterocycles. The first-order valence-electron chi connectivity index (χ1n) is 8.24. The van der Waals surface area contributed by atoms with E-state index in [2.05, 4.69) is 38.7 Å². The number of carbonyl (C=O) groups is 1. The van der Waals surface area contributed by atoms with Crippen molar-refractivity contribution in [3.8, 4) is 0 Å². The lowest BCUT2D eigenvalue weighted by atomic mass is 10.00. The van der Waals surface area contributed by atoms with Gasteiger partial charge in [-0.15, -0.1) is 10.2 Å². The highest BCUT2D eigenvalue weighted by molar-refractivity contribution is 7.19. The molecule has 24 heavy (non-hydrogen) atoms. The maximum Gasteiger partial charge on any atom is 0.325 e. The number of aryl methyl sites for hydroxylation is 2. The van der Waals surface area contributed by atoms with Gasteiger partial charge in [0.1, 0.15) is 0 Å². The third-order valence-electron chi connectivity index (χ3n) is 4.17. The normalized spacial score (nSPS) is 15.4. The standard InChI is InChI=1S/C17H23N5OS/c1-11-4-6-22(7-5-11)17-21-20-16(24-17)19-15(23)18-14-9-12(2)8-13(3)10-14/h8-11H,4-7H2,1-3H3,(H2,18,19,20,23). The summed E-state index contributed by atoms with van der Waals surface area (Å²) < 4.78 is 0. The molecule has 0 bridgehead atoms. The molecule has 1 aromatic carbocycles. The van der Waals surface area contributed by atoms with Crippen molar-refractivity contribution in [2.45, 2.75) is 33.6 Å². The summed E-state index contributed by atoms with van der Waals surface area (Å²) in [5.74, 6) is 0.773. The monoisotopic (exact) mass is 345 g/mol. The first-order valence-corrected chi connectivity index (χ1v) is 9.06. The van der Waals surface area contributed by atoms with Crippen molar-refractivity contribution >= 4 is 33.3 Å². The minimum Gasteiger partial charge on any atom is -0.347 e. The van der Waals surface area contributed by atoms with Crippen LogP contribution in [-0.2, 0) is 0 Å². The first-order chi connectivity index (χ1) is 11.5. The van der Waals surface area contributed by atoms with E-state index in [-0.39, 0.29) is 6.03 Å². The van der Waals surface area contributed by atoms with Gasteiger partial charge < -0.3 is 10.2 Å². The molecule has 0 spiro atoms. The van der Waals surface area contributed by atoms with E-state index in [0.717, 1.165) is 41.0 Å². The Kier molecular flexibility index (Phi) is 4.99. The Morgan fingerprint density at radius 1 is 1.12 bits per heavy atom. The van der Waals surface area contributed by atoms with Crippen molar-refractivity contribution < 1.29 is 4.79 Å². The smallest absolute Gasteiger partial charge is 0.325 e. The number of nitrogens with zero attached hydrogens (tertiary/aromatic N) is 3. The molecule has 3 rings (SSSR count). The topological polar surface area (TPSA) is 70.1 Å². The van der Waals surface area contributed by atoms with Crippen LogP contribution in [0.1, 0.15) is 30.9 Å². The van der Waals surface area contributed by atoms with E-state index in [1.165, 1.54) is 24.2 Å². The van der Waals surface area contributed by atoms with Crippen LogP contribution >= 0.6 is 11.3 Å².